The first-order chi connectivity index (χ1) is 8.02. The van der Waals surface area contributed by atoms with Crippen LogP contribution in [0.2, 0.25) is 0 Å². The minimum absolute atomic E-state index is 0.0995. The normalized spacial score (nSPS) is 10.1. The largest absolute Gasteiger partial charge is 0.462 e. The lowest BCUT2D eigenvalue weighted by Crippen LogP contribution is -2.14. The van der Waals surface area contributed by atoms with Gasteiger partial charge in [0.25, 0.3) is 6.43 Å². The molecule has 0 fully saturated rings. The number of rotatable bonds is 3. The molecule has 90 valence electrons. The Morgan fingerprint density at radius 1 is 1.65 bits per heavy atom. The molecular weight excluding hydrogens is 237 g/mol. The summed E-state index contributed by atoms with van der Waals surface area (Å²) in [5.41, 5.74) is -2.52. The first-order valence-electron chi connectivity index (χ1n) is 4.56. The van der Waals surface area contributed by atoms with E-state index in [9.17, 15) is 18.0 Å². The highest BCUT2D eigenvalue weighted by molar-refractivity contribution is 5.91. The topological polar surface area (TPSA) is 63.0 Å². The van der Waals surface area contributed by atoms with Gasteiger partial charge in [0, 0.05) is 6.20 Å². The highest BCUT2D eigenvalue weighted by Gasteiger charge is 2.28. The van der Waals surface area contributed by atoms with Gasteiger partial charge in [-0.2, -0.15) is 9.65 Å². The fraction of sp³-hybridized carbons (Fsp3) is 0.300. The van der Waals surface area contributed by atoms with Crippen LogP contribution in [0, 0.1) is 17.3 Å². The van der Waals surface area contributed by atoms with E-state index in [1.54, 1.807) is 0 Å². The SMILES string of the molecule is CCOC(=O)c1c(F)ncc(C#N)c1C(F)F. The summed E-state index contributed by atoms with van der Waals surface area (Å²) < 4.78 is 43.1. The van der Waals surface area contributed by atoms with Crippen molar-refractivity contribution in [1.29, 1.82) is 5.26 Å². The lowest BCUT2D eigenvalue weighted by atomic mass is 10.1. The molecule has 0 N–H and O–H groups in total. The van der Waals surface area contributed by atoms with E-state index in [1.807, 2.05) is 0 Å². The number of nitrogens with zero attached hydrogens (tertiary/aromatic N) is 2. The van der Waals surface area contributed by atoms with Gasteiger partial charge in [0.05, 0.1) is 17.7 Å². The van der Waals surface area contributed by atoms with Crippen LogP contribution >= 0.6 is 0 Å². The van der Waals surface area contributed by atoms with Crippen LogP contribution in [0.15, 0.2) is 6.20 Å². The molecule has 0 aliphatic carbocycles. The number of hydrogen-bond donors (Lipinski definition) is 0. The van der Waals surface area contributed by atoms with Crippen LogP contribution in [0.1, 0.15) is 34.8 Å². The number of hydrogen-bond acceptors (Lipinski definition) is 4. The molecule has 7 heteroatoms. The van der Waals surface area contributed by atoms with E-state index in [-0.39, 0.29) is 6.61 Å². The molecule has 0 unspecified atom stereocenters. The minimum atomic E-state index is -3.17. The monoisotopic (exact) mass is 244 g/mol. The molecule has 1 heterocycles. The second-order valence-electron chi connectivity index (χ2n) is 2.88. The molecule has 1 aromatic rings. The number of ether oxygens (including phenoxy) is 1. The van der Waals surface area contributed by atoms with Gasteiger partial charge in [-0.05, 0) is 6.92 Å². The predicted octanol–water partition coefficient (Wildman–Crippen LogP) is 2.21. The Balaban J connectivity index is 3.45. The molecule has 0 saturated carbocycles. The Morgan fingerprint density at radius 2 is 2.29 bits per heavy atom. The molecule has 0 bridgehead atoms. The number of carbonyl (C=O) groups is 1. The van der Waals surface area contributed by atoms with Crippen molar-refractivity contribution in [2.45, 2.75) is 13.3 Å². The van der Waals surface area contributed by atoms with Gasteiger partial charge >= 0.3 is 5.97 Å². The summed E-state index contributed by atoms with van der Waals surface area (Å²) in [5, 5.41) is 8.60. The van der Waals surface area contributed by atoms with Crippen molar-refractivity contribution in [1.82, 2.24) is 4.98 Å². The fourth-order valence-corrected chi connectivity index (χ4v) is 1.21. The van der Waals surface area contributed by atoms with Crippen LogP contribution in [-0.4, -0.2) is 17.6 Å². The highest BCUT2D eigenvalue weighted by Crippen LogP contribution is 2.27. The molecule has 1 rings (SSSR count). The summed E-state index contributed by atoms with van der Waals surface area (Å²) in [4.78, 5) is 14.4. The number of esters is 1. The number of aromatic nitrogens is 1. The third-order valence-electron chi connectivity index (χ3n) is 1.89. The lowest BCUT2D eigenvalue weighted by molar-refractivity contribution is 0.0507. The Kier molecular flexibility index (Phi) is 4.04. The maximum atomic E-state index is 13.2. The van der Waals surface area contributed by atoms with E-state index in [0.717, 1.165) is 0 Å². The predicted molar refractivity (Wildman–Crippen MR) is 49.8 cm³/mol. The molecule has 0 amide bonds. The molecule has 1 aromatic heterocycles. The van der Waals surface area contributed by atoms with Gasteiger partial charge in [0.15, 0.2) is 0 Å². The number of nitriles is 1. The van der Waals surface area contributed by atoms with E-state index >= 15 is 0 Å². The van der Waals surface area contributed by atoms with Crippen molar-refractivity contribution < 1.29 is 22.7 Å². The van der Waals surface area contributed by atoms with Gasteiger partial charge in [-0.1, -0.05) is 0 Å². The van der Waals surface area contributed by atoms with Crippen LogP contribution in [0.4, 0.5) is 13.2 Å². The van der Waals surface area contributed by atoms with Crippen molar-refractivity contribution in [3.8, 4) is 6.07 Å². The number of carbonyl (C=O) groups excluding carboxylic acids is 1. The molecule has 0 aromatic carbocycles. The molecule has 0 aliphatic heterocycles. The molecule has 0 saturated heterocycles. The van der Waals surface area contributed by atoms with Gasteiger partial charge in [-0.3, -0.25) is 0 Å². The van der Waals surface area contributed by atoms with E-state index in [4.69, 9.17) is 5.26 Å². The summed E-state index contributed by atoms with van der Waals surface area (Å²) in [7, 11) is 0. The zero-order valence-electron chi connectivity index (χ0n) is 8.71. The molecule has 0 aliphatic rings. The summed E-state index contributed by atoms with van der Waals surface area (Å²) in [6.07, 6.45) is -2.51. The minimum Gasteiger partial charge on any atom is -0.462 e. The zero-order valence-corrected chi connectivity index (χ0v) is 8.71. The molecular formula is C10H7F3N2O2. The van der Waals surface area contributed by atoms with Crippen LogP contribution in [0.25, 0.3) is 0 Å². The third-order valence-corrected chi connectivity index (χ3v) is 1.89. The summed E-state index contributed by atoms with van der Waals surface area (Å²) >= 11 is 0. The number of halogens is 3. The second kappa shape index (κ2) is 5.30. The molecule has 0 atom stereocenters. The quantitative estimate of drug-likeness (QED) is 0.604. The van der Waals surface area contributed by atoms with Gasteiger partial charge in [-0.25, -0.2) is 18.6 Å². The molecule has 17 heavy (non-hydrogen) atoms. The van der Waals surface area contributed by atoms with E-state index < -0.39 is 35.0 Å². The summed E-state index contributed by atoms with van der Waals surface area (Å²) in [5.74, 6) is -2.64. The second-order valence-corrected chi connectivity index (χ2v) is 2.88. The van der Waals surface area contributed by atoms with Gasteiger partial charge in [-0.15, -0.1) is 0 Å². The van der Waals surface area contributed by atoms with Crippen molar-refractivity contribution in [2.24, 2.45) is 0 Å². The van der Waals surface area contributed by atoms with Gasteiger partial charge in [0.2, 0.25) is 5.95 Å². The summed E-state index contributed by atoms with van der Waals surface area (Å²) in [6.45, 7) is 1.34. The molecule has 0 spiro atoms. The van der Waals surface area contributed by atoms with Crippen LogP contribution in [0.5, 0.6) is 0 Å². The lowest BCUT2D eigenvalue weighted by Gasteiger charge is -2.09. The number of alkyl halides is 2. The third kappa shape index (κ3) is 2.53. The average molecular weight is 244 g/mol. The van der Waals surface area contributed by atoms with Crippen LogP contribution in [-0.2, 0) is 4.74 Å². The first-order valence-corrected chi connectivity index (χ1v) is 4.56. The smallest absolute Gasteiger partial charge is 0.343 e. The highest BCUT2D eigenvalue weighted by atomic mass is 19.3. The number of pyridine rings is 1. The Hall–Kier alpha value is -2.10. The van der Waals surface area contributed by atoms with Crippen molar-refractivity contribution in [3.63, 3.8) is 0 Å². The van der Waals surface area contributed by atoms with Crippen LogP contribution < -0.4 is 0 Å². The Morgan fingerprint density at radius 3 is 2.76 bits per heavy atom. The molecule has 4 nitrogen and oxygen atoms in total. The van der Waals surface area contributed by atoms with E-state index in [0.29, 0.717) is 6.20 Å². The van der Waals surface area contributed by atoms with Crippen molar-refractivity contribution >= 4 is 5.97 Å². The maximum absolute atomic E-state index is 13.2. The average Bonchev–Trinajstić information content (AvgIpc) is 2.28. The fourth-order valence-electron chi connectivity index (χ4n) is 1.21. The van der Waals surface area contributed by atoms with E-state index in [2.05, 4.69) is 9.72 Å². The maximum Gasteiger partial charge on any atom is 0.343 e. The standard InChI is InChI=1S/C10H7F3N2O2/c1-2-17-10(16)7-6(8(11)12)5(3-14)4-15-9(7)13/h4,8H,2H2,1H3. The zero-order chi connectivity index (χ0) is 13.0. The van der Waals surface area contributed by atoms with Crippen LogP contribution in [0.3, 0.4) is 0 Å². The Labute approximate surface area is 94.6 Å². The van der Waals surface area contributed by atoms with Crippen molar-refractivity contribution in [2.75, 3.05) is 6.61 Å². The first kappa shape index (κ1) is 13.0. The van der Waals surface area contributed by atoms with Gasteiger partial charge in [0.1, 0.15) is 11.6 Å². The van der Waals surface area contributed by atoms with Gasteiger partial charge < -0.3 is 4.74 Å². The van der Waals surface area contributed by atoms with E-state index in [1.165, 1.54) is 13.0 Å². The van der Waals surface area contributed by atoms with Crippen molar-refractivity contribution in [3.05, 3.63) is 28.8 Å². The molecule has 0 radical (unpaired) electrons. The summed E-state index contributed by atoms with van der Waals surface area (Å²) in [6, 6.07) is 1.42. The Bertz CT molecular complexity index is 483.